The monoisotopic (exact) mass is 535 g/mol. The smallest absolute Gasteiger partial charge is 0.339 e. The Morgan fingerprint density at radius 2 is 1.64 bits per heavy atom. The van der Waals surface area contributed by atoms with Crippen LogP contribution in [0, 0.1) is 0 Å². The molecule has 0 unspecified atom stereocenters. The van der Waals surface area contributed by atoms with Crippen LogP contribution >= 0.6 is 11.3 Å². The summed E-state index contributed by atoms with van der Waals surface area (Å²) >= 11 is 1.59. The van der Waals surface area contributed by atoms with Crippen LogP contribution in [0.15, 0.2) is 91.0 Å². The summed E-state index contributed by atoms with van der Waals surface area (Å²) in [6, 6.07) is 30.0. The van der Waals surface area contributed by atoms with E-state index in [-0.39, 0.29) is 18.6 Å². The van der Waals surface area contributed by atoms with Crippen molar-refractivity contribution in [3.8, 4) is 10.6 Å². The van der Waals surface area contributed by atoms with Gasteiger partial charge in [-0.15, -0.1) is 11.3 Å². The molecule has 1 amide bonds. The van der Waals surface area contributed by atoms with Crippen molar-refractivity contribution in [2.24, 2.45) is 0 Å². The highest BCUT2D eigenvalue weighted by atomic mass is 32.1. The number of thiazole rings is 1. The highest BCUT2D eigenvalue weighted by Gasteiger charge is 2.22. The van der Waals surface area contributed by atoms with Crippen LogP contribution in [0.1, 0.15) is 28.8 Å². The van der Waals surface area contributed by atoms with Crippen LogP contribution in [0.25, 0.3) is 31.6 Å². The molecule has 5 aromatic rings. The van der Waals surface area contributed by atoms with Crippen molar-refractivity contribution in [3.05, 3.63) is 102 Å². The number of para-hydroxylation sites is 1. The standard InChI is InChI=1S/C32H29N3O3S/c36-29(33-24-16-18-35(19-17-24)20-22-8-2-1-3-9-22)21-38-32(37)26-13-7-11-23-10-6-12-25(30(23)26)31-34-27-14-4-5-15-28(27)39-31/h1-15,24H,16-21H2,(H,33,36). The zero-order valence-electron chi connectivity index (χ0n) is 21.5. The lowest BCUT2D eigenvalue weighted by Crippen LogP contribution is -2.45. The van der Waals surface area contributed by atoms with Gasteiger partial charge < -0.3 is 10.1 Å². The van der Waals surface area contributed by atoms with E-state index >= 15 is 0 Å². The second kappa shape index (κ2) is 11.4. The molecule has 0 saturated carbocycles. The van der Waals surface area contributed by atoms with Crippen molar-refractivity contribution in [2.45, 2.75) is 25.4 Å². The molecule has 0 atom stereocenters. The molecule has 1 saturated heterocycles. The minimum Gasteiger partial charge on any atom is -0.452 e. The third-order valence-electron chi connectivity index (χ3n) is 7.18. The first-order valence-electron chi connectivity index (χ1n) is 13.2. The third kappa shape index (κ3) is 5.70. The fourth-order valence-corrected chi connectivity index (χ4v) is 6.23. The van der Waals surface area contributed by atoms with E-state index in [1.165, 1.54) is 5.56 Å². The number of amides is 1. The number of likely N-dealkylation sites (tertiary alicyclic amines) is 1. The number of ether oxygens (including phenoxy) is 1. The van der Waals surface area contributed by atoms with Gasteiger partial charge in [0.25, 0.3) is 5.91 Å². The molecule has 2 heterocycles. The Hall–Kier alpha value is -4.07. The second-order valence-electron chi connectivity index (χ2n) is 9.88. The van der Waals surface area contributed by atoms with Gasteiger partial charge in [-0.2, -0.15) is 0 Å². The van der Waals surface area contributed by atoms with Crippen molar-refractivity contribution < 1.29 is 14.3 Å². The molecular weight excluding hydrogens is 506 g/mol. The van der Waals surface area contributed by atoms with Gasteiger partial charge in [0.2, 0.25) is 0 Å². The van der Waals surface area contributed by atoms with E-state index in [4.69, 9.17) is 9.72 Å². The predicted octanol–water partition coefficient (Wildman–Crippen LogP) is 6.05. The van der Waals surface area contributed by atoms with E-state index in [0.29, 0.717) is 5.56 Å². The summed E-state index contributed by atoms with van der Waals surface area (Å²) in [7, 11) is 0. The van der Waals surface area contributed by atoms with Crippen molar-refractivity contribution >= 4 is 44.2 Å². The number of nitrogens with one attached hydrogen (secondary N) is 1. The highest BCUT2D eigenvalue weighted by Crippen LogP contribution is 2.36. The number of fused-ring (bicyclic) bond motifs is 2. The third-order valence-corrected chi connectivity index (χ3v) is 8.25. The van der Waals surface area contributed by atoms with E-state index < -0.39 is 5.97 Å². The fourth-order valence-electron chi connectivity index (χ4n) is 5.23. The second-order valence-corrected chi connectivity index (χ2v) is 10.9. The molecule has 0 spiro atoms. The van der Waals surface area contributed by atoms with Gasteiger partial charge in [0.15, 0.2) is 6.61 Å². The normalized spacial score (nSPS) is 14.5. The molecule has 6 rings (SSSR count). The molecule has 39 heavy (non-hydrogen) atoms. The Labute approximate surface area is 231 Å². The maximum atomic E-state index is 13.2. The van der Waals surface area contributed by atoms with Crippen LogP contribution in [0.4, 0.5) is 0 Å². The first kappa shape index (κ1) is 25.2. The number of hydrogen-bond acceptors (Lipinski definition) is 6. The largest absolute Gasteiger partial charge is 0.452 e. The molecule has 1 N–H and O–H groups in total. The van der Waals surface area contributed by atoms with Gasteiger partial charge in [-0.05, 0) is 42.0 Å². The molecule has 0 aliphatic carbocycles. The number of benzene rings is 4. The van der Waals surface area contributed by atoms with Crippen molar-refractivity contribution in [3.63, 3.8) is 0 Å². The van der Waals surface area contributed by atoms with Gasteiger partial charge in [0.1, 0.15) is 5.01 Å². The number of aromatic nitrogens is 1. The summed E-state index contributed by atoms with van der Waals surface area (Å²) in [6.45, 7) is 2.46. The van der Waals surface area contributed by atoms with Crippen LogP contribution < -0.4 is 5.32 Å². The Balaban J connectivity index is 1.10. The topological polar surface area (TPSA) is 71.5 Å². The lowest BCUT2D eigenvalue weighted by molar-refractivity contribution is -0.125. The lowest BCUT2D eigenvalue weighted by Gasteiger charge is -2.32. The van der Waals surface area contributed by atoms with E-state index in [9.17, 15) is 9.59 Å². The van der Waals surface area contributed by atoms with Gasteiger partial charge in [0.05, 0.1) is 15.8 Å². The van der Waals surface area contributed by atoms with Crippen LogP contribution in [0.5, 0.6) is 0 Å². The number of carbonyl (C=O) groups excluding carboxylic acids is 2. The van der Waals surface area contributed by atoms with Crippen molar-refractivity contribution in [2.75, 3.05) is 19.7 Å². The molecule has 1 aliphatic rings. The first-order chi connectivity index (χ1) is 19.1. The first-order valence-corrected chi connectivity index (χ1v) is 14.1. The number of carbonyl (C=O) groups is 2. The quantitative estimate of drug-likeness (QED) is 0.257. The van der Waals surface area contributed by atoms with E-state index in [1.54, 1.807) is 17.4 Å². The number of hydrogen-bond donors (Lipinski definition) is 1. The van der Waals surface area contributed by atoms with Crippen LogP contribution in [0.2, 0.25) is 0 Å². The summed E-state index contributed by atoms with van der Waals surface area (Å²) in [4.78, 5) is 33.1. The highest BCUT2D eigenvalue weighted by molar-refractivity contribution is 7.21. The summed E-state index contributed by atoms with van der Waals surface area (Å²) in [5.74, 6) is -0.779. The minimum atomic E-state index is -0.512. The van der Waals surface area contributed by atoms with Gasteiger partial charge in [0, 0.05) is 36.6 Å². The van der Waals surface area contributed by atoms with E-state index in [0.717, 1.165) is 64.0 Å². The average Bonchev–Trinajstić information content (AvgIpc) is 3.41. The number of rotatable bonds is 7. The van der Waals surface area contributed by atoms with Gasteiger partial charge >= 0.3 is 5.97 Å². The average molecular weight is 536 g/mol. The zero-order valence-corrected chi connectivity index (χ0v) is 22.3. The molecule has 196 valence electrons. The van der Waals surface area contributed by atoms with E-state index in [1.807, 2.05) is 60.7 Å². The molecule has 1 fully saturated rings. The maximum absolute atomic E-state index is 13.2. The fraction of sp³-hybridized carbons (Fsp3) is 0.219. The Morgan fingerprint density at radius 1 is 0.897 bits per heavy atom. The predicted molar refractivity (Wildman–Crippen MR) is 156 cm³/mol. The summed E-state index contributed by atoms with van der Waals surface area (Å²) < 4.78 is 6.60. The van der Waals surface area contributed by atoms with Crippen LogP contribution in [0.3, 0.4) is 0 Å². The SMILES string of the molecule is O=C(COC(=O)c1cccc2cccc(-c3nc4ccccc4s3)c12)NC1CCN(Cc2ccccc2)CC1. The molecular formula is C32H29N3O3S. The molecule has 0 radical (unpaired) electrons. The Bertz CT molecular complexity index is 1590. The molecule has 1 aromatic heterocycles. The summed E-state index contributed by atoms with van der Waals surface area (Å²) in [5, 5.41) is 5.61. The summed E-state index contributed by atoms with van der Waals surface area (Å²) in [6.07, 6.45) is 1.75. The van der Waals surface area contributed by atoms with Crippen molar-refractivity contribution in [1.29, 1.82) is 0 Å². The number of esters is 1. The summed E-state index contributed by atoms with van der Waals surface area (Å²) in [5.41, 5.74) is 3.54. The van der Waals surface area contributed by atoms with Crippen molar-refractivity contribution in [1.82, 2.24) is 15.2 Å². The number of nitrogens with zero attached hydrogens (tertiary/aromatic N) is 2. The molecule has 1 aliphatic heterocycles. The Morgan fingerprint density at radius 3 is 2.44 bits per heavy atom. The van der Waals surface area contributed by atoms with Gasteiger partial charge in [-0.1, -0.05) is 72.8 Å². The molecule has 6 nitrogen and oxygen atoms in total. The van der Waals surface area contributed by atoms with Gasteiger partial charge in [-0.25, -0.2) is 9.78 Å². The molecule has 7 heteroatoms. The molecule has 0 bridgehead atoms. The zero-order chi connectivity index (χ0) is 26.6. The van der Waals surface area contributed by atoms with Crippen LogP contribution in [-0.2, 0) is 16.1 Å². The van der Waals surface area contributed by atoms with E-state index in [2.05, 4.69) is 34.5 Å². The molecule has 4 aromatic carbocycles. The van der Waals surface area contributed by atoms with Crippen LogP contribution in [-0.4, -0.2) is 47.5 Å². The maximum Gasteiger partial charge on any atom is 0.339 e. The Kier molecular flexibility index (Phi) is 7.34. The lowest BCUT2D eigenvalue weighted by atomic mass is 9.99. The van der Waals surface area contributed by atoms with Gasteiger partial charge in [-0.3, -0.25) is 9.69 Å². The number of piperidine rings is 1. The minimum absolute atomic E-state index is 0.0893.